The number of hydrogen-bond donors (Lipinski definition) is 0. The highest BCUT2D eigenvalue weighted by Crippen LogP contribution is 2.40. The minimum absolute atomic E-state index is 0.251. The summed E-state index contributed by atoms with van der Waals surface area (Å²) < 4.78 is 0. The van der Waals surface area contributed by atoms with Crippen LogP contribution in [0.3, 0.4) is 0 Å². The van der Waals surface area contributed by atoms with Crippen LogP contribution < -0.4 is 0 Å². The first-order valence-electron chi connectivity index (χ1n) is 7.61. The molecule has 2 saturated heterocycles. The second-order valence-corrected chi connectivity index (χ2v) is 7.53. The number of likely N-dealkylation sites (tertiary alicyclic amines) is 2. The van der Waals surface area contributed by atoms with Gasteiger partial charge in [-0.25, -0.2) is 0 Å². The van der Waals surface area contributed by atoms with E-state index in [1.165, 1.54) is 44.3 Å². The Bertz CT molecular complexity index is 488. The number of carbonyl (C=O) groups is 1. The Hall–Kier alpha value is -0.870. The second kappa shape index (κ2) is 5.49. The van der Waals surface area contributed by atoms with Crippen molar-refractivity contribution in [3.8, 4) is 0 Å². The summed E-state index contributed by atoms with van der Waals surface area (Å²) in [6.45, 7) is 6.33. The van der Waals surface area contributed by atoms with Crippen LogP contribution in [0.15, 0.2) is 11.4 Å². The first kappa shape index (κ1) is 14.1. The predicted molar refractivity (Wildman–Crippen MR) is 83.4 cm³/mol. The summed E-state index contributed by atoms with van der Waals surface area (Å²) in [5.41, 5.74) is 1.59. The molecule has 0 atom stereocenters. The third-order valence-electron chi connectivity index (χ3n) is 4.94. The van der Waals surface area contributed by atoms with Crippen LogP contribution in [0.1, 0.15) is 40.9 Å². The summed E-state index contributed by atoms with van der Waals surface area (Å²) in [7, 11) is 2.20. The summed E-state index contributed by atoms with van der Waals surface area (Å²) in [6, 6.07) is 2.03. The molecular weight excluding hydrogens is 268 g/mol. The molecule has 1 aromatic rings. The Labute approximate surface area is 125 Å². The average molecular weight is 292 g/mol. The third kappa shape index (κ3) is 2.77. The van der Waals surface area contributed by atoms with E-state index in [9.17, 15) is 4.79 Å². The molecule has 2 aliphatic heterocycles. The van der Waals surface area contributed by atoms with Crippen molar-refractivity contribution in [1.29, 1.82) is 0 Å². The average Bonchev–Trinajstić information content (AvgIpc) is 2.88. The van der Waals surface area contributed by atoms with Gasteiger partial charge >= 0.3 is 0 Å². The Balaban J connectivity index is 1.70. The number of nitrogens with zero attached hydrogens (tertiary/aromatic N) is 2. The number of rotatable bonds is 1. The highest BCUT2D eigenvalue weighted by molar-refractivity contribution is 7.12. The first-order valence-corrected chi connectivity index (χ1v) is 8.49. The van der Waals surface area contributed by atoms with Crippen molar-refractivity contribution in [2.45, 2.75) is 32.6 Å². The highest BCUT2D eigenvalue weighted by atomic mass is 32.1. The summed E-state index contributed by atoms with van der Waals surface area (Å²) in [6.07, 6.45) is 4.96. The molecule has 110 valence electrons. The zero-order chi connectivity index (χ0) is 14.2. The van der Waals surface area contributed by atoms with E-state index in [1.807, 2.05) is 6.07 Å². The van der Waals surface area contributed by atoms with E-state index in [0.717, 1.165) is 18.0 Å². The monoisotopic (exact) mass is 292 g/mol. The van der Waals surface area contributed by atoms with Crippen molar-refractivity contribution in [2.24, 2.45) is 5.41 Å². The maximum absolute atomic E-state index is 12.6. The number of amides is 1. The Kier molecular flexibility index (Phi) is 3.87. The van der Waals surface area contributed by atoms with Gasteiger partial charge in [0.25, 0.3) is 5.91 Å². The highest BCUT2D eigenvalue weighted by Gasteiger charge is 2.39. The number of carbonyl (C=O) groups excluding carboxylic acids is 1. The van der Waals surface area contributed by atoms with Crippen LogP contribution in [0, 0.1) is 12.3 Å². The molecule has 1 amide bonds. The standard InChI is InChI=1S/C16H24N2OS/c1-13-10-14(20-11-13)15(19)18-7-3-4-16(12-18)5-8-17(2)9-6-16/h10-11H,3-9,12H2,1-2H3. The van der Waals surface area contributed by atoms with Gasteiger partial charge in [-0.3, -0.25) is 4.79 Å². The van der Waals surface area contributed by atoms with Crippen LogP contribution in [0.5, 0.6) is 0 Å². The molecular formula is C16H24N2OS. The molecule has 0 N–H and O–H groups in total. The normalized spacial score (nSPS) is 23.2. The van der Waals surface area contributed by atoms with Gasteiger partial charge in [0.2, 0.25) is 0 Å². The summed E-state index contributed by atoms with van der Waals surface area (Å²) in [4.78, 5) is 18.1. The first-order chi connectivity index (χ1) is 9.58. The lowest BCUT2D eigenvalue weighted by molar-refractivity contribution is 0.0264. The lowest BCUT2D eigenvalue weighted by Gasteiger charge is -2.47. The fourth-order valence-corrected chi connectivity index (χ4v) is 4.45. The van der Waals surface area contributed by atoms with Crippen LogP contribution in [0.25, 0.3) is 0 Å². The number of hydrogen-bond acceptors (Lipinski definition) is 3. The van der Waals surface area contributed by atoms with E-state index in [4.69, 9.17) is 0 Å². The number of thiophene rings is 1. The van der Waals surface area contributed by atoms with Crippen LogP contribution in [0.2, 0.25) is 0 Å². The molecule has 20 heavy (non-hydrogen) atoms. The summed E-state index contributed by atoms with van der Waals surface area (Å²) in [5, 5.41) is 2.07. The lowest BCUT2D eigenvalue weighted by Crippen LogP contribution is -2.50. The quantitative estimate of drug-likeness (QED) is 0.794. The molecule has 0 radical (unpaired) electrons. The Morgan fingerprint density at radius 3 is 2.65 bits per heavy atom. The van der Waals surface area contributed by atoms with Gasteiger partial charge in [-0.2, -0.15) is 0 Å². The Morgan fingerprint density at radius 2 is 2.00 bits per heavy atom. The van der Waals surface area contributed by atoms with Crippen molar-refractivity contribution in [1.82, 2.24) is 9.80 Å². The zero-order valence-electron chi connectivity index (χ0n) is 12.5. The zero-order valence-corrected chi connectivity index (χ0v) is 13.3. The summed E-state index contributed by atoms with van der Waals surface area (Å²) >= 11 is 1.59. The van der Waals surface area contributed by atoms with Gasteiger partial charge in [-0.15, -0.1) is 11.3 Å². The molecule has 0 aromatic carbocycles. The van der Waals surface area contributed by atoms with Gasteiger partial charge in [0.05, 0.1) is 4.88 Å². The van der Waals surface area contributed by atoms with Gasteiger partial charge in [0, 0.05) is 13.1 Å². The predicted octanol–water partition coefficient (Wildman–Crippen LogP) is 3.00. The summed E-state index contributed by atoms with van der Waals surface area (Å²) in [5.74, 6) is 0.251. The van der Waals surface area contributed by atoms with Gasteiger partial charge < -0.3 is 9.80 Å². The van der Waals surface area contributed by atoms with Gasteiger partial charge in [-0.05, 0) is 75.2 Å². The maximum atomic E-state index is 12.6. The third-order valence-corrected chi connectivity index (χ3v) is 5.97. The van der Waals surface area contributed by atoms with E-state index in [1.54, 1.807) is 11.3 Å². The van der Waals surface area contributed by atoms with Crippen molar-refractivity contribution in [3.05, 3.63) is 21.9 Å². The smallest absolute Gasteiger partial charge is 0.263 e. The molecule has 0 bridgehead atoms. The molecule has 3 heterocycles. The van der Waals surface area contributed by atoms with E-state index in [-0.39, 0.29) is 5.91 Å². The van der Waals surface area contributed by atoms with Crippen LogP contribution in [0.4, 0.5) is 0 Å². The second-order valence-electron chi connectivity index (χ2n) is 6.62. The van der Waals surface area contributed by atoms with E-state index in [0.29, 0.717) is 5.41 Å². The van der Waals surface area contributed by atoms with Crippen LogP contribution >= 0.6 is 11.3 Å². The topological polar surface area (TPSA) is 23.6 Å². The number of aryl methyl sites for hydroxylation is 1. The largest absolute Gasteiger partial charge is 0.337 e. The van der Waals surface area contributed by atoms with E-state index < -0.39 is 0 Å². The SMILES string of the molecule is Cc1csc(C(=O)N2CCCC3(CCN(C)CC3)C2)c1. The van der Waals surface area contributed by atoms with Crippen molar-refractivity contribution < 1.29 is 4.79 Å². The Morgan fingerprint density at radius 1 is 1.25 bits per heavy atom. The molecule has 0 saturated carbocycles. The van der Waals surface area contributed by atoms with E-state index >= 15 is 0 Å². The number of piperidine rings is 2. The fourth-order valence-electron chi connectivity index (χ4n) is 3.58. The minimum Gasteiger partial charge on any atom is -0.337 e. The molecule has 3 nitrogen and oxygen atoms in total. The fraction of sp³-hybridized carbons (Fsp3) is 0.688. The van der Waals surface area contributed by atoms with Crippen molar-refractivity contribution >= 4 is 17.2 Å². The van der Waals surface area contributed by atoms with E-state index in [2.05, 4.69) is 29.2 Å². The van der Waals surface area contributed by atoms with Gasteiger partial charge in [-0.1, -0.05) is 0 Å². The molecule has 0 unspecified atom stereocenters. The van der Waals surface area contributed by atoms with Crippen molar-refractivity contribution in [2.75, 3.05) is 33.2 Å². The van der Waals surface area contributed by atoms with Crippen LogP contribution in [-0.2, 0) is 0 Å². The lowest BCUT2D eigenvalue weighted by atomic mass is 9.72. The molecule has 2 fully saturated rings. The molecule has 1 aromatic heterocycles. The van der Waals surface area contributed by atoms with Crippen LogP contribution in [-0.4, -0.2) is 48.9 Å². The van der Waals surface area contributed by atoms with Gasteiger partial charge in [0.15, 0.2) is 0 Å². The minimum atomic E-state index is 0.251. The molecule has 4 heteroatoms. The maximum Gasteiger partial charge on any atom is 0.263 e. The molecule has 2 aliphatic rings. The van der Waals surface area contributed by atoms with Crippen molar-refractivity contribution in [3.63, 3.8) is 0 Å². The molecule has 1 spiro atoms. The molecule has 0 aliphatic carbocycles. The van der Waals surface area contributed by atoms with Gasteiger partial charge in [0.1, 0.15) is 0 Å². The molecule has 3 rings (SSSR count).